The van der Waals surface area contributed by atoms with E-state index in [1.807, 2.05) is 35.7 Å². The molecule has 0 aromatic heterocycles. The highest BCUT2D eigenvalue weighted by atomic mass is 32.2. The Bertz CT molecular complexity index is 2430. The molecule has 228 valence electrons. The zero-order valence-electron chi connectivity index (χ0n) is 26.0. The van der Waals surface area contributed by atoms with Gasteiger partial charge in [0.05, 0.1) is 39.8 Å². The van der Waals surface area contributed by atoms with Gasteiger partial charge in [-0.05, 0) is 89.2 Å². The molecule has 0 aliphatic carbocycles. The summed E-state index contributed by atoms with van der Waals surface area (Å²) in [5.41, 5.74) is 14.7. The Kier molecular flexibility index (Phi) is 5.16. The topological polar surface area (TPSA) is 19.0 Å². The summed E-state index contributed by atoms with van der Waals surface area (Å²) < 4.78 is 6.48. The molecule has 0 N–H and O–H groups in total. The van der Waals surface area contributed by atoms with Crippen molar-refractivity contribution in [2.75, 3.05) is 14.7 Å². The Hall–Kier alpha value is -5.50. The number of anilines is 9. The van der Waals surface area contributed by atoms with Crippen LogP contribution in [0.2, 0.25) is 0 Å². The van der Waals surface area contributed by atoms with E-state index < -0.39 is 0 Å². The van der Waals surface area contributed by atoms with Crippen LogP contribution in [0.25, 0.3) is 0 Å². The van der Waals surface area contributed by atoms with Crippen LogP contribution >= 0.6 is 23.5 Å². The first kappa shape index (κ1) is 26.5. The molecule has 0 amide bonds. The van der Waals surface area contributed by atoms with Crippen LogP contribution in [0.1, 0.15) is 0 Å². The second-order valence-corrected chi connectivity index (χ2v) is 15.1. The fraction of sp³-hybridized carbons (Fsp3) is 0. The number of rotatable bonds is 1. The van der Waals surface area contributed by atoms with Crippen molar-refractivity contribution in [3.8, 4) is 11.5 Å². The lowest BCUT2D eigenvalue weighted by Gasteiger charge is -2.48. The molecule has 0 saturated heterocycles. The van der Waals surface area contributed by atoms with Gasteiger partial charge in [-0.25, -0.2) is 0 Å². The SMILES string of the molecule is c1ccc2c(c1)Oc1ccccc1N2c1cc2c3c(c1)N1c4ccccc4Sc4cccc(c41)B3c1cccc3c1N2c1ccccc1S3. The predicted octanol–water partition coefficient (Wildman–Crippen LogP) is 10.3. The lowest BCUT2D eigenvalue weighted by atomic mass is 9.33. The van der Waals surface area contributed by atoms with Gasteiger partial charge in [-0.2, -0.15) is 0 Å². The van der Waals surface area contributed by atoms with Crippen LogP contribution in [-0.2, 0) is 0 Å². The van der Waals surface area contributed by atoms with Crippen LogP contribution in [-0.4, -0.2) is 6.71 Å². The summed E-state index contributed by atoms with van der Waals surface area (Å²) in [4.78, 5) is 12.6. The monoisotopic (exact) mass is 661 g/mol. The number of benzene rings is 7. The molecule has 0 atom stereocenters. The second kappa shape index (κ2) is 9.56. The average molecular weight is 662 g/mol. The highest BCUT2D eigenvalue weighted by Gasteiger charge is 2.47. The molecule has 7 heteroatoms. The third-order valence-electron chi connectivity index (χ3n) is 10.4. The molecule has 0 unspecified atom stereocenters. The molecule has 7 aromatic carbocycles. The van der Waals surface area contributed by atoms with E-state index in [4.69, 9.17) is 4.74 Å². The van der Waals surface area contributed by atoms with E-state index in [1.54, 1.807) is 0 Å². The van der Waals surface area contributed by atoms with Gasteiger partial charge in [-0.3, -0.25) is 0 Å². The van der Waals surface area contributed by atoms with E-state index in [0.717, 1.165) is 28.6 Å². The number of hydrogen-bond acceptors (Lipinski definition) is 6. The smallest absolute Gasteiger partial charge is 0.252 e. The molecular weight excluding hydrogens is 637 g/mol. The van der Waals surface area contributed by atoms with Crippen molar-refractivity contribution in [2.24, 2.45) is 0 Å². The van der Waals surface area contributed by atoms with E-state index in [0.29, 0.717) is 0 Å². The van der Waals surface area contributed by atoms with Crippen LogP contribution in [0.4, 0.5) is 51.2 Å². The summed E-state index contributed by atoms with van der Waals surface area (Å²) in [5.74, 6) is 1.70. The van der Waals surface area contributed by atoms with Crippen LogP contribution in [0.3, 0.4) is 0 Å². The van der Waals surface area contributed by atoms with Crippen molar-refractivity contribution in [3.05, 3.63) is 146 Å². The molecule has 5 heterocycles. The summed E-state index contributed by atoms with van der Waals surface area (Å²) in [6.45, 7) is 0.0948. The minimum Gasteiger partial charge on any atom is -0.453 e. The molecule has 5 aliphatic heterocycles. The zero-order valence-corrected chi connectivity index (χ0v) is 27.6. The molecular formula is C42H24BN3OS2. The molecule has 0 fully saturated rings. The Morgan fingerprint density at radius 1 is 0.408 bits per heavy atom. The molecule has 4 nitrogen and oxygen atoms in total. The standard InChI is InChI=1S/C42H24BN3OS2/c1-5-17-34-28(13-1)44(29-14-2-6-18-35(29)47-34)25-23-32-40-33(24-25)46-31-16-4-8-20-37(31)49-39-22-10-12-27(42(39)46)43(40)26-11-9-21-38-41(26)45(32)30-15-3-7-19-36(30)48-38/h1-24H. The number of fused-ring (bicyclic) bond motifs is 10. The minimum absolute atomic E-state index is 0.0948. The van der Waals surface area contributed by atoms with Gasteiger partial charge in [0.2, 0.25) is 0 Å². The molecule has 12 rings (SSSR count). The van der Waals surface area contributed by atoms with Crippen LogP contribution in [0.15, 0.2) is 165 Å². The quantitative estimate of drug-likeness (QED) is 0.162. The molecule has 7 aromatic rings. The van der Waals surface area contributed by atoms with Crippen LogP contribution in [0.5, 0.6) is 11.5 Å². The summed E-state index contributed by atoms with van der Waals surface area (Å²) in [6, 6.07) is 53.1. The fourth-order valence-corrected chi connectivity index (χ4v) is 10.7. The van der Waals surface area contributed by atoms with Crippen molar-refractivity contribution in [2.45, 2.75) is 19.6 Å². The lowest BCUT2D eigenvalue weighted by Crippen LogP contribution is -2.62. The van der Waals surface area contributed by atoms with Crippen molar-refractivity contribution < 1.29 is 4.74 Å². The number of hydrogen-bond donors (Lipinski definition) is 0. The largest absolute Gasteiger partial charge is 0.453 e. The molecule has 5 aliphatic rings. The maximum atomic E-state index is 6.48. The normalized spacial score (nSPS) is 14.8. The fourth-order valence-electron chi connectivity index (χ4n) is 8.49. The number of nitrogens with zero attached hydrogens (tertiary/aromatic N) is 3. The molecule has 0 radical (unpaired) electrons. The Morgan fingerprint density at radius 3 is 1.39 bits per heavy atom. The van der Waals surface area contributed by atoms with Gasteiger partial charge in [0.25, 0.3) is 6.71 Å². The van der Waals surface area contributed by atoms with Gasteiger partial charge in [-0.15, -0.1) is 0 Å². The molecule has 49 heavy (non-hydrogen) atoms. The highest BCUT2D eigenvalue weighted by molar-refractivity contribution is 8.00. The lowest BCUT2D eigenvalue weighted by molar-refractivity contribution is 0.477. The Balaban J connectivity index is 1.23. The van der Waals surface area contributed by atoms with Crippen LogP contribution < -0.4 is 35.8 Å². The first-order valence-corrected chi connectivity index (χ1v) is 18.2. The van der Waals surface area contributed by atoms with E-state index >= 15 is 0 Å². The maximum absolute atomic E-state index is 6.48. The first-order valence-electron chi connectivity index (χ1n) is 16.6. The Morgan fingerprint density at radius 2 is 0.857 bits per heavy atom. The van der Waals surface area contributed by atoms with Gasteiger partial charge in [0.1, 0.15) is 0 Å². The average Bonchev–Trinajstić information content (AvgIpc) is 3.15. The van der Waals surface area contributed by atoms with Crippen molar-refractivity contribution in [1.82, 2.24) is 0 Å². The molecule has 0 saturated carbocycles. The van der Waals surface area contributed by atoms with E-state index in [1.165, 1.54) is 70.1 Å². The summed E-state index contributed by atoms with van der Waals surface area (Å²) in [6.07, 6.45) is 0. The maximum Gasteiger partial charge on any atom is 0.252 e. The van der Waals surface area contributed by atoms with Crippen LogP contribution in [0, 0.1) is 0 Å². The van der Waals surface area contributed by atoms with Gasteiger partial charge >= 0.3 is 0 Å². The van der Waals surface area contributed by atoms with E-state index in [-0.39, 0.29) is 6.71 Å². The van der Waals surface area contributed by atoms with Gasteiger partial charge < -0.3 is 19.4 Å². The minimum atomic E-state index is 0.0948. The van der Waals surface area contributed by atoms with E-state index in [2.05, 4.69) is 148 Å². The van der Waals surface area contributed by atoms with Gasteiger partial charge in [0, 0.05) is 31.0 Å². The summed E-state index contributed by atoms with van der Waals surface area (Å²) >= 11 is 3.76. The zero-order chi connectivity index (χ0) is 31.8. The summed E-state index contributed by atoms with van der Waals surface area (Å²) in [7, 11) is 0. The van der Waals surface area contributed by atoms with Gasteiger partial charge in [0.15, 0.2) is 11.5 Å². The van der Waals surface area contributed by atoms with Gasteiger partial charge in [-0.1, -0.05) is 96.3 Å². The highest BCUT2D eigenvalue weighted by Crippen LogP contribution is 2.58. The van der Waals surface area contributed by atoms with Crippen molar-refractivity contribution in [3.63, 3.8) is 0 Å². The number of para-hydroxylation sites is 8. The molecule has 0 spiro atoms. The third-order valence-corrected chi connectivity index (χ3v) is 12.6. The molecule has 0 bridgehead atoms. The predicted molar refractivity (Wildman–Crippen MR) is 203 cm³/mol. The van der Waals surface area contributed by atoms with Crippen molar-refractivity contribution >= 4 is 97.8 Å². The summed E-state index contributed by atoms with van der Waals surface area (Å²) in [5, 5.41) is 0. The van der Waals surface area contributed by atoms with E-state index in [9.17, 15) is 0 Å². The first-order chi connectivity index (χ1) is 24.3. The Labute approximate surface area is 292 Å². The van der Waals surface area contributed by atoms with Crippen molar-refractivity contribution in [1.29, 1.82) is 0 Å². The third kappa shape index (κ3) is 3.43. The second-order valence-electron chi connectivity index (χ2n) is 12.9. The number of ether oxygens (including phenoxy) is 1.